The molecule has 1 aliphatic carbocycles. The number of carbonyl (C=O) groups is 1. The zero-order valence-corrected chi connectivity index (χ0v) is 16.0. The van der Waals surface area contributed by atoms with E-state index < -0.39 is 0 Å². The second-order valence-corrected chi connectivity index (χ2v) is 7.68. The highest BCUT2D eigenvalue weighted by Crippen LogP contribution is 2.28. The Labute approximate surface area is 159 Å². The van der Waals surface area contributed by atoms with Gasteiger partial charge in [0.1, 0.15) is 11.9 Å². The summed E-state index contributed by atoms with van der Waals surface area (Å²) in [5, 5.41) is 8.00. The van der Waals surface area contributed by atoms with Gasteiger partial charge in [0.05, 0.1) is 11.9 Å². The first-order chi connectivity index (χ1) is 13.1. The minimum absolute atomic E-state index is 0.158. The minimum Gasteiger partial charge on any atom is -0.490 e. The highest BCUT2D eigenvalue weighted by Gasteiger charge is 2.29. The summed E-state index contributed by atoms with van der Waals surface area (Å²) in [7, 11) is 3.40. The van der Waals surface area contributed by atoms with Crippen molar-refractivity contribution < 1.29 is 9.53 Å². The van der Waals surface area contributed by atoms with Crippen LogP contribution in [0.25, 0.3) is 5.69 Å². The van der Waals surface area contributed by atoms with Crippen LogP contribution in [0.5, 0.6) is 5.75 Å². The molecule has 2 aromatic rings. The number of likely N-dealkylation sites (tertiary alicyclic amines) is 1. The molecule has 1 aromatic carbocycles. The zero-order valence-electron chi connectivity index (χ0n) is 16.0. The summed E-state index contributed by atoms with van der Waals surface area (Å²) in [5.74, 6) is 0.722. The van der Waals surface area contributed by atoms with Crippen LogP contribution in [0.2, 0.25) is 0 Å². The quantitative estimate of drug-likeness (QED) is 0.810. The van der Waals surface area contributed by atoms with Crippen molar-refractivity contribution in [2.75, 3.05) is 27.2 Å². The molecule has 0 unspecified atom stereocenters. The third kappa shape index (κ3) is 3.98. The van der Waals surface area contributed by atoms with Gasteiger partial charge in [-0.15, -0.1) is 5.10 Å². The molecule has 2 fully saturated rings. The van der Waals surface area contributed by atoms with Gasteiger partial charge in [0.2, 0.25) is 0 Å². The molecule has 2 aliphatic rings. The topological polar surface area (TPSA) is 63.5 Å². The Morgan fingerprint density at radius 1 is 1.11 bits per heavy atom. The van der Waals surface area contributed by atoms with E-state index in [0.29, 0.717) is 11.8 Å². The van der Waals surface area contributed by atoms with E-state index in [9.17, 15) is 4.79 Å². The summed E-state index contributed by atoms with van der Waals surface area (Å²) >= 11 is 0. The maximum absolute atomic E-state index is 11.9. The molecule has 27 heavy (non-hydrogen) atoms. The summed E-state index contributed by atoms with van der Waals surface area (Å²) in [4.78, 5) is 16.1. The molecule has 144 valence electrons. The lowest BCUT2D eigenvalue weighted by Crippen LogP contribution is -2.46. The molecule has 1 aromatic heterocycles. The van der Waals surface area contributed by atoms with E-state index in [1.807, 2.05) is 24.3 Å². The van der Waals surface area contributed by atoms with E-state index in [1.165, 1.54) is 24.2 Å². The van der Waals surface area contributed by atoms with Crippen LogP contribution < -0.4 is 4.74 Å². The van der Waals surface area contributed by atoms with Crippen LogP contribution in [-0.4, -0.2) is 70.0 Å². The van der Waals surface area contributed by atoms with E-state index in [4.69, 9.17) is 4.74 Å². The van der Waals surface area contributed by atoms with Crippen LogP contribution in [0, 0.1) is 0 Å². The lowest BCUT2D eigenvalue weighted by atomic mass is 9.90. The third-order valence-electron chi connectivity index (χ3n) is 5.59. The Balaban J connectivity index is 1.33. The number of amides is 1. The molecule has 1 saturated heterocycles. The summed E-state index contributed by atoms with van der Waals surface area (Å²) in [5.41, 5.74) is 1.19. The standard InChI is InChI=1S/C20H27N5O2/c1-23(2)20(26)19-14-25(22-21-19)16-6-8-17(9-7-16)27-18-10-12-24(13-11-18)15-4-3-5-15/h6-9,14-15,18H,3-5,10-13H2,1-2H3. The Morgan fingerprint density at radius 2 is 1.81 bits per heavy atom. The Bertz CT molecular complexity index is 774. The van der Waals surface area contributed by atoms with Gasteiger partial charge in [0, 0.05) is 33.2 Å². The van der Waals surface area contributed by atoms with Crippen LogP contribution in [0.15, 0.2) is 30.5 Å². The first-order valence-corrected chi connectivity index (χ1v) is 9.75. The molecule has 1 saturated carbocycles. The molecule has 2 heterocycles. The van der Waals surface area contributed by atoms with Gasteiger partial charge in [0.25, 0.3) is 5.91 Å². The molecule has 7 heteroatoms. The van der Waals surface area contributed by atoms with Crippen molar-refractivity contribution in [1.82, 2.24) is 24.8 Å². The van der Waals surface area contributed by atoms with Crippen LogP contribution >= 0.6 is 0 Å². The molecule has 7 nitrogen and oxygen atoms in total. The molecule has 0 N–H and O–H groups in total. The summed E-state index contributed by atoms with van der Waals surface area (Å²) in [6.07, 6.45) is 8.27. The summed E-state index contributed by atoms with van der Waals surface area (Å²) in [6.45, 7) is 2.30. The summed E-state index contributed by atoms with van der Waals surface area (Å²) in [6, 6.07) is 8.64. The lowest BCUT2D eigenvalue weighted by Gasteiger charge is -2.41. The number of rotatable bonds is 5. The van der Waals surface area contributed by atoms with Crippen LogP contribution in [-0.2, 0) is 0 Å². The van der Waals surface area contributed by atoms with Crippen molar-refractivity contribution in [3.05, 3.63) is 36.2 Å². The smallest absolute Gasteiger partial charge is 0.275 e. The van der Waals surface area contributed by atoms with Crippen molar-refractivity contribution in [3.8, 4) is 11.4 Å². The highest BCUT2D eigenvalue weighted by molar-refractivity contribution is 5.91. The number of benzene rings is 1. The Morgan fingerprint density at radius 3 is 2.41 bits per heavy atom. The number of hydrogen-bond donors (Lipinski definition) is 0. The Kier molecular flexibility index (Phi) is 5.11. The molecule has 1 aliphatic heterocycles. The van der Waals surface area contributed by atoms with E-state index in [0.717, 1.165) is 43.4 Å². The minimum atomic E-state index is -0.158. The fraction of sp³-hybridized carbons (Fsp3) is 0.550. The molecule has 0 spiro atoms. The average molecular weight is 369 g/mol. The monoisotopic (exact) mass is 369 g/mol. The Hall–Kier alpha value is -2.41. The maximum Gasteiger partial charge on any atom is 0.275 e. The molecule has 0 atom stereocenters. The SMILES string of the molecule is CN(C)C(=O)c1cn(-c2ccc(OC3CCN(C4CCC4)CC3)cc2)nn1. The normalized spacial score (nSPS) is 18.9. The number of ether oxygens (including phenoxy) is 1. The second kappa shape index (κ2) is 7.68. The average Bonchev–Trinajstić information content (AvgIpc) is 3.12. The van der Waals surface area contributed by atoms with Crippen LogP contribution in [0.1, 0.15) is 42.6 Å². The van der Waals surface area contributed by atoms with Gasteiger partial charge < -0.3 is 14.5 Å². The predicted octanol–water partition coefficient (Wildman–Crippen LogP) is 2.36. The number of hydrogen-bond acceptors (Lipinski definition) is 5. The van der Waals surface area contributed by atoms with Gasteiger partial charge in [-0.1, -0.05) is 11.6 Å². The summed E-state index contributed by atoms with van der Waals surface area (Å²) < 4.78 is 7.78. The van der Waals surface area contributed by atoms with Crippen molar-refractivity contribution in [1.29, 1.82) is 0 Å². The lowest BCUT2D eigenvalue weighted by molar-refractivity contribution is 0.0493. The van der Waals surface area contributed by atoms with E-state index in [1.54, 1.807) is 25.0 Å². The third-order valence-corrected chi connectivity index (χ3v) is 5.59. The van der Waals surface area contributed by atoms with E-state index in [2.05, 4.69) is 15.2 Å². The van der Waals surface area contributed by atoms with Gasteiger partial charge in [-0.25, -0.2) is 4.68 Å². The molecule has 1 amide bonds. The van der Waals surface area contributed by atoms with Gasteiger partial charge in [0.15, 0.2) is 5.69 Å². The second-order valence-electron chi connectivity index (χ2n) is 7.68. The number of piperidine rings is 1. The molecular weight excluding hydrogens is 342 g/mol. The first-order valence-electron chi connectivity index (χ1n) is 9.75. The molecule has 0 bridgehead atoms. The van der Waals surface area contributed by atoms with E-state index >= 15 is 0 Å². The molecular formula is C20H27N5O2. The van der Waals surface area contributed by atoms with Crippen molar-refractivity contribution >= 4 is 5.91 Å². The fourth-order valence-electron chi connectivity index (χ4n) is 3.70. The predicted molar refractivity (Wildman–Crippen MR) is 102 cm³/mol. The van der Waals surface area contributed by atoms with E-state index in [-0.39, 0.29) is 5.91 Å². The van der Waals surface area contributed by atoms with Crippen molar-refractivity contribution in [2.24, 2.45) is 0 Å². The highest BCUT2D eigenvalue weighted by atomic mass is 16.5. The maximum atomic E-state index is 11.9. The molecule has 0 radical (unpaired) electrons. The number of carbonyl (C=O) groups excluding carboxylic acids is 1. The number of aromatic nitrogens is 3. The van der Waals surface area contributed by atoms with Gasteiger partial charge in [-0.05, 0) is 49.9 Å². The van der Waals surface area contributed by atoms with Gasteiger partial charge in [-0.3, -0.25) is 4.79 Å². The first kappa shape index (κ1) is 18.0. The molecule has 4 rings (SSSR count). The largest absolute Gasteiger partial charge is 0.490 e. The van der Waals surface area contributed by atoms with Crippen LogP contribution in [0.4, 0.5) is 0 Å². The fourth-order valence-corrected chi connectivity index (χ4v) is 3.70. The van der Waals surface area contributed by atoms with Gasteiger partial charge in [-0.2, -0.15) is 0 Å². The number of nitrogens with zero attached hydrogens (tertiary/aromatic N) is 5. The van der Waals surface area contributed by atoms with Crippen molar-refractivity contribution in [2.45, 2.75) is 44.2 Å². The van der Waals surface area contributed by atoms with Gasteiger partial charge >= 0.3 is 0 Å². The van der Waals surface area contributed by atoms with Crippen molar-refractivity contribution in [3.63, 3.8) is 0 Å². The van der Waals surface area contributed by atoms with Crippen LogP contribution in [0.3, 0.4) is 0 Å². The zero-order chi connectivity index (χ0) is 18.8.